The minimum atomic E-state index is -0.965. The number of fused-ring (bicyclic) bond motifs is 1. The van der Waals surface area contributed by atoms with Crippen LogP contribution in [0, 0.1) is 6.92 Å². The average molecular weight is 373 g/mol. The van der Waals surface area contributed by atoms with Crippen molar-refractivity contribution in [1.29, 1.82) is 0 Å². The molecule has 1 aliphatic rings. The van der Waals surface area contributed by atoms with Gasteiger partial charge < -0.3 is 29.6 Å². The lowest BCUT2D eigenvalue weighted by Gasteiger charge is -2.15. The van der Waals surface area contributed by atoms with Crippen LogP contribution in [0.25, 0.3) is 0 Å². The Labute approximate surface area is 156 Å². The van der Waals surface area contributed by atoms with Crippen molar-refractivity contribution >= 4 is 18.5 Å². The van der Waals surface area contributed by atoms with Crippen molar-refractivity contribution in [3.05, 3.63) is 41.3 Å². The standard InChI is InChI=1S/C17H20BN3O6/c1-10-14(4-3-11-8-26-18(24)16(10)11)27-15-6-19-13(5-20-15)17(23)21-12(7-22)9-25-2/h3-6,12,22,24H,7-9H2,1-2H3,(H,21,23). The van der Waals surface area contributed by atoms with Crippen molar-refractivity contribution in [1.82, 2.24) is 15.3 Å². The summed E-state index contributed by atoms with van der Waals surface area (Å²) in [6.07, 6.45) is 2.62. The number of rotatable bonds is 7. The topological polar surface area (TPSA) is 123 Å². The molecule has 1 aliphatic heterocycles. The van der Waals surface area contributed by atoms with Crippen molar-refractivity contribution in [3.63, 3.8) is 0 Å². The summed E-state index contributed by atoms with van der Waals surface area (Å²) in [5, 5.41) is 21.7. The van der Waals surface area contributed by atoms with Gasteiger partial charge in [0.25, 0.3) is 5.91 Å². The number of hydrogen-bond acceptors (Lipinski definition) is 8. The van der Waals surface area contributed by atoms with Crippen LogP contribution >= 0.6 is 0 Å². The van der Waals surface area contributed by atoms with E-state index in [1.807, 2.05) is 13.0 Å². The number of aromatic nitrogens is 2. The Kier molecular flexibility index (Phi) is 6.02. The molecule has 1 atom stereocenters. The monoisotopic (exact) mass is 373 g/mol. The molecule has 2 heterocycles. The lowest BCUT2D eigenvalue weighted by atomic mass is 9.76. The van der Waals surface area contributed by atoms with Gasteiger partial charge >= 0.3 is 7.12 Å². The lowest BCUT2D eigenvalue weighted by Crippen LogP contribution is -2.40. The maximum Gasteiger partial charge on any atom is 0.492 e. The van der Waals surface area contributed by atoms with Crippen LogP contribution in [0.1, 0.15) is 21.6 Å². The Morgan fingerprint density at radius 3 is 2.89 bits per heavy atom. The zero-order chi connectivity index (χ0) is 19.4. The maximum atomic E-state index is 12.1. The Morgan fingerprint density at radius 2 is 2.22 bits per heavy atom. The van der Waals surface area contributed by atoms with Crippen LogP contribution in [0.2, 0.25) is 0 Å². The predicted molar refractivity (Wildman–Crippen MR) is 95.9 cm³/mol. The number of carbonyl (C=O) groups is 1. The molecule has 3 N–H and O–H groups in total. The van der Waals surface area contributed by atoms with Crippen molar-refractivity contribution in [2.75, 3.05) is 20.3 Å². The van der Waals surface area contributed by atoms with E-state index in [4.69, 9.17) is 14.1 Å². The zero-order valence-corrected chi connectivity index (χ0v) is 15.0. The molecule has 0 radical (unpaired) electrons. The summed E-state index contributed by atoms with van der Waals surface area (Å²) in [5.74, 6) is 0.253. The second kappa shape index (κ2) is 8.44. The van der Waals surface area contributed by atoms with E-state index in [2.05, 4.69) is 15.3 Å². The number of amides is 1. The predicted octanol–water partition coefficient (Wildman–Crippen LogP) is -0.468. The van der Waals surface area contributed by atoms with Crippen LogP contribution in [0.15, 0.2) is 24.5 Å². The Hall–Kier alpha value is -2.53. The highest BCUT2D eigenvalue weighted by molar-refractivity contribution is 6.62. The highest BCUT2D eigenvalue weighted by atomic mass is 16.5. The molecule has 0 aliphatic carbocycles. The highest BCUT2D eigenvalue weighted by Crippen LogP contribution is 2.25. The lowest BCUT2D eigenvalue weighted by molar-refractivity contribution is 0.0834. The minimum Gasteiger partial charge on any atom is -0.437 e. The molecule has 1 aromatic carbocycles. The number of aliphatic hydroxyl groups is 1. The van der Waals surface area contributed by atoms with E-state index in [0.29, 0.717) is 17.8 Å². The Morgan fingerprint density at radius 1 is 1.41 bits per heavy atom. The van der Waals surface area contributed by atoms with E-state index in [0.717, 1.165) is 11.1 Å². The second-order valence-corrected chi connectivity index (χ2v) is 6.08. The molecule has 2 aromatic rings. The first-order valence-electron chi connectivity index (χ1n) is 8.36. The molecule has 1 aromatic heterocycles. The van der Waals surface area contributed by atoms with Gasteiger partial charge in [-0.15, -0.1) is 0 Å². The van der Waals surface area contributed by atoms with E-state index in [9.17, 15) is 14.9 Å². The average Bonchev–Trinajstić information content (AvgIpc) is 3.05. The highest BCUT2D eigenvalue weighted by Gasteiger charge is 2.30. The van der Waals surface area contributed by atoms with Gasteiger partial charge in [-0.2, -0.15) is 0 Å². The number of nitrogens with one attached hydrogen (secondary N) is 1. The summed E-state index contributed by atoms with van der Waals surface area (Å²) in [6.45, 7) is 2.12. The summed E-state index contributed by atoms with van der Waals surface area (Å²) in [4.78, 5) is 20.3. The van der Waals surface area contributed by atoms with E-state index in [1.165, 1.54) is 19.5 Å². The maximum absolute atomic E-state index is 12.1. The molecule has 0 saturated heterocycles. The summed E-state index contributed by atoms with van der Waals surface area (Å²) >= 11 is 0. The Balaban J connectivity index is 1.70. The molecule has 1 unspecified atom stereocenters. The summed E-state index contributed by atoms with van der Waals surface area (Å²) < 4.78 is 15.8. The number of methoxy groups -OCH3 is 1. The number of benzene rings is 1. The smallest absolute Gasteiger partial charge is 0.437 e. The zero-order valence-electron chi connectivity index (χ0n) is 15.0. The number of hydrogen-bond donors (Lipinski definition) is 3. The van der Waals surface area contributed by atoms with Crippen LogP contribution in [-0.2, 0) is 16.0 Å². The normalized spacial score (nSPS) is 14.0. The molecule has 9 nitrogen and oxygen atoms in total. The first kappa shape index (κ1) is 19.2. The largest absolute Gasteiger partial charge is 0.492 e. The third-order valence-electron chi connectivity index (χ3n) is 4.20. The van der Waals surface area contributed by atoms with Gasteiger partial charge in [0.15, 0.2) is 0 Å². The summed E-state index contributed by atoms with van der Waals surface area (Å²) in [5.41, 5.74) is 2.46. The van der Waals surface area contributed by atoms with Gasteiger partial charge in [-0.1, -0.05) is 6.07 Å². The summed E-state index contributed by atoms with van der Waals surface area (Å²) in [6, 6.07) is 3.07. The molecule has 27 heavy (non-hydrogen) atoms. The number of carbonyl (C=O) groups excluding carboxylic acids is 1. The van der Waals surface area contributed by atoms with Crippen molar-refractivity contribution in [3.8, 4) is 11.6 Å². The molecule has 1 amide bonds. The molecule has 0 bridgehead atoms. The number of aliphatic hydroxyl groups excluding tert-OH is 1. The van der Waals surface area contributed by atoms with Gasteiger partial charge in [0.05, 0.1) is 38.3 Å². The fraction of sp³-hybridized carbons (Fsp3) is 0.353. The van der Waals surface area contributed by atoms with Gasteiger partial charge in [0.1, 0.15) is 11.4 Å². The molecule has 0 fully saturated rings. The van der Waals surface area contributed by atoms with Crippen LogP contribution in [0.5, 0.6) is 11.6 Å². The van der Waals surface area contributed by atoms with Crippen LogP contribution in [0.4, 0.5) is 0 Å². The van der Waals surface area contributed by atoms with Crippen molar-refractivity contribution in [2.24, 2.45) is 0 Å². The van der Waals surface area contributed by atoms with Crippen molar-refractivity contribution in [2.45, 2.75) is 19.6 Å². The number of ether oxygens (including phenoxy) is 2. The fourth-order valence-corrected chi connectivity index (χ4v) is 2.80. The van der Waals surface area contributed by atoms with Crippen LogP contribution in [-0.4, -0.2) is 59.5 Å². The summed E-state index contributed by atoms with van der Waals surface area (Å²) in [7, 11) is 0.514. The molecule has 10 heteroatoms. The molecular weight excluding hydrogens is 353 g/mol. The SMILES string of the molecule is COCC(CO)NC(=O)c1cnc(Oc2ccc3c(c2C)B(O)OC3)cn1. The third-order valence-corrected chi connectivity index (χ3v) is 4.20. The first-order valence-corrected chi connectivity index (χ1v) is 8.36. The van der Waals surface area contributed by atoms with Gasteiger partial charge in [0.2, 0.25) is 5.88 Å². The molecule has 3 rings (SSSR count). The molecule has 0 saturated carbocycles. The van der Waals surface area contributed by atoms with Gasteiger partial charge in [-0.05, 0) is 29.6 Å². The van der Waals surface area contributed by atoms with E-state index < -0.39 is 19.1 Å². The Bertz CT molecular complexity index is 817. The van der Waals surface area contributed by atoms with Gasteiger partial charge in [-0.25, -0.2) is 9.97 Å². The van der Waals surface area contributed by atoms with Crippen molar-refractivity contribution < 1.29 is 29.1 Å². The molecular formula is C17H20BN3O6. The first-order chi connectivity index (χ1) is 13.0. The van der Waals surface area contributed by atoms with E-state index >= 15 is 0 Å². The van der Waals surface area contributed by atoms with Crippen LogP contribution < -0.4 is 15.5 Å². The van der Waals surface area contributed by atoms with Crippen LogP contribution in [0.3, 0.4) is 0 Å². The van der Waals surface area contributed by atoms with Gasteiger partial charge in [0, 0.05) is 7.11 Å². The second-order valence-electron chi connectivity index (χ2n) is 6.08. The van der Waals surface area contributed by atoms with E-state index in [-0.39, 0.29) is 24.8 Å². The molecule has 0 spiro atoms. The number of nitrogens with zero attached hydrogens (tertiary/aromatic N) is 2. The quantitative estimate of drug-likeness (QED) is 0.557. The van der Waals surface area contributed by atoms with Gasteiger partial charge in [-0.3, -0.25) is 4.79 Å². The molecule has 142 valence electrons. The minimum absolute atomic E-state index is 0.0893. The van der Waals surface area contributed by atoms with E-state index in [1.54, 1.807) is 6.07 Å². The third kappa shape index (κ3) is 4.25. The fourth-order valence-electron chi connectivity index (χ4n) is 2.80.